The van der Waals surface area contributed by atoms with Crippen molar-refractivity contribution in [1.82, 2.24) is 14.1 Å². The second kappa shape index (κ2) is 16.0. The van der Waals surface area contributed by atoms with Crippen LogP contribution in [0.3, 0.4) is 0 Å². The van der Waals surface area contributed by atoms with Crippen molar-refractivity contribution in [1.29, 1.82) is 0 Å². The Hall–Kier alpha value is -6.55. The van der Waals surface area contributed by atoms with E-state index in [1.807, 2.05) is 24.4 Å². The van der Waals surface area contributed by atoms with Gasteiger partial charge in [-0.25, -0.2) is 0 Å². The van der Waals surface area contributed by atoms with Crippen LogP contribution in [0.2, 0.25) is 0 Å². The molecule has 0 fully saturated rings. The number of hydrogen-bond acceptors (Lipinski definition) is 3. The second-order valence-electron chi connectivity index (χ2n) is 18.3. The molecule has 3 heterocycles. The summed E-state index contributed by atoms with van der Waals surface area (Å²) in [6.45, 7) is 14.3. The first-order valence-electron chi connectivity index (χ1n) is 21.5. The van der Waals surface area contributed by atoms with Gasteiger partial charge in [0.25, 0.3) is 0 Å². The van der Waals surface area contributed by atoms with E-state index in [0.29, 0.717) is 18.0 Å². The van der Waals surface area contributed by atoms with Gasteiger partial charge in [0.15, 0.2) is 0 Å². The zero-order valence-electron chi connectivity index (χ0n) is 36.4. The maximum atomic E-state index is 6.72. The number of pyridine rings is 1. The van der Waals surface area contributed by atoms with Gasteiger partial charge in [-0.3, -0.25) is 0 Å². The maximum absolute atomic E-state index is 6.72. The van der Waals surface area contributed by atoms with E-state index in [4.69, 9.17) is 9.72 Å². The third-order valence-electron chi connectivity index (χ3n) is 12.0. The molecule has 0 aliphatic carbocycles. The molecule has 0 radical (unpaired) electrons. The first kappa shape index (κ1) is 40.5. The van der Waals surface area contributed by atoms with Crippen LogP contribution in [0.25, 0.3) is 55.8 Å². The molecule has 0 bridgehead atoms. The summed E-state index contributed by atoms with van der Waals surface area (Å²) >= 11 is 2.50. The minimum atomic E-state index is -0.0700. The molecule has 314 valence electrons. The number of rotatable bonds is 7. The third kappa shape index (κ3) is 7.59. The van der Waals surface area contributed by atoms with Gasteiger partial charge in [0.1, 0.15) is 0 Å². The number of fused-ring (bicyclic) bond motifs is 4. The van der Waals surface area contributed by atoms with Gasteiger partial charge in [-0.2, -0.15) is 0 Å². The Morgan fingerprint density at radius 2 is 1.14 bits per heavy atom. The van der Waals surface area contributed by atoms with Crippen molar-refractivity contribution in [2.75, 3.05) is 4.90 Å². The molecule has 6 heteroatoms. The molecule has 2 aromatic heterocycles. The SMILES string of the molecule is CC(C)(C)c1ccnc(N2Cc3ccccc3-c3ccc(Oc4[c-]c(-n5[c](=[Pt])n(-c6c(-c7ccccc7)cc(C(C)(C)C)cc6-c6ccccc6)c6ccccc65)ccc4)[c-]c32)c1. The van der Waals surface area contributed by atoms with Crippen molar-refractivity contribution in [3.05, 3.63) is 203 Å². The van der Waals surface area contributed by atoms with Crippen LogP contribution in [0.5, 0.6) is 11.5 Å². The van der Waals surface area contributed by atoms with Gasteiger partial charge >= 0.3 is 321 Å². The summed E-state index contributed by atoms with van der Waals surface area (Å²) in [7, 11) is 0. The van der Waals surface area contributed by atoms with E-state index in [9.17, 15) is 0 Å². The van der Waals surface area contributed by atoms with Gasteiger partial charge < -0.3 is 0 Å². The molecule has 0 amide bonds. The fraction of sp³-hybridized carbons (Fsp3) is 0.158. The molecule has 63 heavy (non-hydrogen) atoms. The molecule has 5 nitrogen and oxygen atoms in total. The predicted octanol–water partition coefficient (Wildman–Crippen LogP) is 14.5. The number of para-hydroxylation sites is 2. The van der Waals surface area contributed by atoms with Crippen LogP contribution >= 0.6 is 0 Å². The minimum absolute atomic E-state index is 0.0167. The molecule has 10 rings (SSSR count). The molecule has 0 unspecified atom stereocenters. The molecule has 0 saturated carbocycles. The van der Waals surface area contributed by atoms with E-state index in [-0.39, 0.29) is 10.8 Å². The van der Waals surface area contributed by atoms with E-state index in [1.54, 1.807) is 0 Å². The van der Waals surface area contributed by atoms with Gasteiger partial charge in [-0.15, -0.1) is 0 Å². The Morgan fingerprint density at radius 1 is 0.540 bits per heavy atom. The van der Waals surface area contributed by atoms with Crippen molar-refractivity contribution in [2.24, 2.45) is 0 Å². The molecule has 1 aliphatic rings. The summed E-state index contributed by atoms with van der Waals surface area (Å²) in [4.78, 5) is 7.14. The zero-order valence-corrected chi connectivity index (χ0v) is 38.7. The average Bonchev–Trinajstić information content (AvgIpc) is 3.59. The van der Waals surface area contributed by atoms with E-state index in [0.717, 1.165) is 43.3 Å². The first-order valence-corrected chi connectivity index (χ1v) is 22.6. The summed E-state index contributed by atoms with van der Waals surface area (Å²) in [5, 5.41) is 0. The number of anilines is 2. The Labute approximate surface area is 381 Å². The van der Waals surface area contributed by atoms with Crippen molar-refractivity contribution >= 4 is 22.5 Å². The fourth-order valence-corrected chi connectivity index (χ4v) is 9.71. The van der Waals surface area contributed by atoms with Crippen LogP contribution in [0.15, 0.2) is 170 Å². The number of aromatic nitrogens is 3. The topological polar surface area (TPSA) is 35.2 Å². The summed E-state index contributed by atoms with van der Waals surface area (Å²) in [6.07, 6.45) is 1.92. The van der Waals surface area contributed by atoms with Crippen LogP contribution in [0.4, 0.5) is 11.5 Å². The second-order valence-corrected chi connectivity index (χ2v) is 19.3. The quantitative estimate of drug-likeness (QED) is 0.149. The molecule has 7 aromatic carbocycles. The van der Waals surface area contributed by atoms with E-state index >= 15 is 0 Å². The van der Waals surface area contributed by atoms with E-state index in [2.05, 4.69) is 233 Å². The molecular formula is C57H48N4OPt-2. The van der Waals surface area contributed by atoms with Gasteiger partial charge in [0.05, 0.1) is 0 Å². The number of ether oxygens (including phenoxy) is 1. The van der Waals surface area contributed by atoms with Gasteiger partial charge in [0.2, 0.25) is 0 Å². The molecule has 0 saturated heterocycles. The molecule has 0 spiro atoms. The van der Waals surface area contributed by atoms with Crippen LogP contribution in [-0.4, -0.2) is 14.1 Å². The molecule has 0 atom stereocenters. The Kier molecular flexibility index (Phi) is 10.3. The zero-order chi connectivity index (χ0) is 43.5. The summed E-state index contributed by atoms with van der Waals surface area (Å²) in [5.41, 5.74) is 15.8. The first-order chi connectivity index (χ1) is 30.4. The summed E-state index contributed by atoms with van der Waals surface area (Å²) in [6, 6.07) is 65.5. The molecule has 1 aliphatic heterocycles. The summed E-state index contributed by atoms with van der Waals surface area (Å²) in [5.74, 6) is 2.10. The molecule has 9 aromatic rings. The Morgan fingerprint density at radius 3 is 1.81 bits per heavy atom. The van der Waals surface area contributed by atoms with Gasteiger partial charge in [-0.05, 0) is 17.0 Å². The molecular weight excluding hydrogens is 952 g/mol. The standard InChI is InChI=1S/C57H48N4O.Pt/c1-56(2,3)42-30-31-58-54(34-42)59-37-41-22-13-14-25-47(41)48-29-28-46(36-53(48)59)62-45-24-17-23-44(35-45)60-38-61(52-27-16-15-26-51(52)60)55-49(39-18-9-7-10-19-39)32-43(57(4,5)6)33-50(55)40-20-11-8-12-21-40;/h7-34H,37H2,1-6H3;/q-2;. The normalized spacial score (nSPS) is 12.6. The predicted molar refractivity (Wildman–Crippen MR) is 254 cm³/mol. The fourth-order valence-electron chi connectivity index (χ4n) is 8.63. The number of hydrogen-bond donors (Lipinski definition) is 0. The van der Waals surface area contributed by atoms with Crippen LogP contribution in [0.1, 0.15) is 58.2 Å². The van der Waals surface area contributed by atoms with Crippen molar-refractivity contribution in [2.45, 2.75) is 58.9 Å². The van der Waals surface area contributed by atoms with Gasteiger partial charge in [0, 0.05) is 6.20 Å². The van der Waals surface area contributed by atoms with E-state index < -0.39 is 0 Å². The molecule has 0 N–H and O–H groups in total. The van der Waals surface area contributed by atoms with Crippen LogP contribution < -0.4 is 9.64 Å². The van der Waals surface area contributed by atoms with Crippen molar-refractivity contribution in [3.8, 4) is 56.3 Å². The number of nitrogens with zero attached hydrogens (tertiary/aromatic N) is 4. The summed E-state index contributed by atoms with van der Waals surface area (Å²) < 4.78 is 12.4. The Balaban J connectivity index is 1.10. The third-order valence-corrected chi connectivity index (χ3v) is 13.0. The van der Waals surface area contributed by atoms with Crippen LogP contribution in [-0.2, 0) is 36.7 Å². The van der Waals surface area contributed by atoms with E-state index in [1.165, 1.54) is 44.5 Å². The average molecular weight is 1000 g/mol. The van der Waals surface area contributed by atoms with Crippen molar-refractivity contribution in [3.63, 3.8) is 0 Å². The number of imidazole rings is 1. The van der Waals surface area contributed by atoms with Gasteiger partial charge in [-0.1, -0.05) is 39.0 Å². The Bertz CT molecular complexity index is 3160. The van der Waals surface area contributed by atoms with Crippen molar-refractivity contribution < 1.29 is 24.1 Å². The monoisotopic (exact) mass is 999 g/mol. The van der Waals surface area contributed by atoms with Crippen LogP contribution in [0, 0.1) is 15.9 Å². The number of benzene rings is 7.